The molecule has 2 atom stereocenters. The van der Waals surface area contributed by atoms with Crippen molar-refractivity contribution in [2.75, 3.05) is 0 Å². The highest BCUT2D eigenvalue weighted by molar-refractivity contribution is 5.34. The van der Waals surface area contributed by atoms with Crippen molar-refractivity contribution in [3.05, 3.63) is 70.8 Å². The minimum Gasteiger partial charge on any atom is -0.387 e. The maximum Gasteiger partial charge on any atom is 0.0948 e. The second-order valence-corrected chi connectivity index (χ2v) is 5.92. The van der Waals surface area contributed by atoms with Crippen LogP contribution in [0.2, 0.25) is 0 Å². The molecule has 2 aromatic rings. The number of benzene rings is 2. The molecule has 0 aromatic heterocycles. The number of aliphatic hydroxyl groups excluding tert-OH is 1. The molecule has 0 radical (unpaired) electrons. The van der Waals surface area contributed by atoms with Gasteiger partial charge in [-0.15, -0.1) is 0 Å². The van der Waals surface area contributed by atoms with E-state index in [0.29, 0.717) is 0 Å². The molecule has 0 amide bonds. The van der Waals surface area contributed by atoms with E-state index in [2.05, 4.69) is 47.4 Å². The first kappa shape index (κ1) is 12.1. The van der Waals surface area contributed by atoms with Crippen LogP contribution >= 0.6 is 0 Å². The van der Waals surface area contributed by atoms with E-state index in [1.54, 1.807) is 0 Å². The Labute approximate surface area is 119 Å². The van der Waals surface area contributed by atoms with Crippen molar-refractivity contribution in [1.29, 1.82) is 0 Å². The molecule has 0 fully saturated rings. The van der Waals surface area contributed by atoms with E-state index in [4.69, 9.17) is 0 Å². The zero-order valence-electron chi connectivity index (χ0n) is 11.5. The van der Waals surface area contributed by atoms with Crippen LogP contribution in [0, 0.1) is 0 Å². The van der Waals surface area contributed by atoms with Crippen LogP contribution in [0.15, 0.2) is 48.5 Å². The summed E-state index contributed by atoms with van der Waals surface area (Å²) in [5.41, 5.74) is 5.27. The van der Waals surface area contributed by atoms with Gasteiger partial charge in [0.25, 0.3) is 0 Å². The van der Waals surface area contributed by atoms with Gasteiger partial charge in [0.2, 0.25) is 0 Å². The van der Waals surface area contributed by atoms with Gasteiger partial charge in [0.15, 0.2) is 0 Å². The fourth-order valence-corrected chi connectivity index (χ4v) is 3.70. The Morgan fingerprint density at radius 2 is 1.45 bits per heavy atom. The zero-order chi connectivity index (χ0) is 13.5. The Morgan fingerprint density at radius 1 is 0.850 bits per heavy atom. The van der Waals surface area contributed by atoms with E-state index in [-0.39, 0.29) is 12.1 Å². The summed E-state index contributed by atoms with van der Waals surface area (Å²) >= 11 is 0. The Balaban J connectivity index is 1.60. The quantitative estimate of drug-likeness (QED) is 0.856. The highest BCUT2D eigenvalue weighted by atomic mass is 16.3. The molecule has 2 aliphatic rings. The molecular weight excluding hydrogens is 246 g/mol. The molecule has 2 unspecified atom stereocenters. The van der Waals surface area contributed by atoms with E-state index < -0.39 is 0 Å². The molecule has 20 heavy (non-hydrogen) atoms. The van der Waals surface area contributed by atoms with Crippen LogP contribution in [-0.4, -0.2) is 16.0 Å². The standard InChI is InChI=1S/C18H19NO/c20-18-16-8-4-3-5-13(16)9-10-17(18)19-11-14-6-1-2-7-15(14)12-19/h1-8,17-18,20H,9-12H2. The van der Waals surface area contributed by atoms with Crippen molar-refractivity contribution in [1.82, 2.24) is 4.90 Å². The predicted molar refractivity (Wildman–Crippen MR) is 79.2 cm³/mol. The van der Waals surface area contributed by atoms with Crippen LogP contribution in [0.5, 0.6) is 0 Å². The molecule has 2 nitrogen and oxygen atoms in total. The normalized spacial score (nSPS) is 25.2. The van der Waals surface area contributed by atoms with Gasteiger partial charge in [-0.3, -0.25) is 4.90 Å². The molecular formula is C18H19NO. The largest absolute Gasteiger partial charge is 0.387 e. The lowest BCUT2D eigenvalue weighted by molar-refractivity contribution is 0.0338. The lowest BCUT2D eigenvalue weighted by Crippen LogP contribution is -2.39. The fourth-order valence-electron chi connectivity index (χ4n) is 3.70. The summed E-state index contributed by atoms with van der Waals surface area (Å²) in [6.45, 7) is 1.94. The molecule has 0 spiro atoms. The van der Waals surface area contributed by atoms with Crippen LogP contribution in [0.3, 0.4) is 0 Å². The Morgan fingerprint density at radius 3 is 2.15 bits per heavy atom. The summed E-state index contributed by atoms with van der Waals surface area (Å²) in [6, 6.07) is 17.2. The second-order valence-electron chi connectivity index (χ2n) is 5.92. The average Bonchev–Trinajstić information content (AvgIpc) is 2.91. The highest BCUT2D eigenvalue weighted by Crippen LogP contribution is 2.36. The first-order valence-electron chi connectivity index (χ1n) is 7.39. The van der Waals surface area contributed by atoms with Gasteiger partial charge in [-0.1, -0.05) is 48.5 Å². The minimum atomic E-state index is -0.353. The van der Waals surface area contributed by atoms with E-state index in [1.165, 1.54) is 16.7 Å². The van der Waals surface area contributed by atoms with Crippen molar-refractivity contribution >= 4 is 0 Å². The van der Waals surface area contributed by atoms with Crippen molar-refractivity contribution < 1.29 is 5.11 Å². The molecule has 1 aliphatic heterocycles. The van der Waals surface area contributed by atoms with Gasteiger partial charge in [0.1, 0.15) is 0 Å². The summed E-state index contributed by atoms with van der Waals surface area (Å²) in [5, 5.41) is 10.7. The predicted octanol–water partition coefficient (Wildman–Crippen LogP) is 3.05. The van der Waals surface area contributed by atoms with Crippen molar-refractivity contribution in [2.45, 2.75) is 38.1 Å². The first-order valence-corrected chi connectivity index (χ1v) is 7.39. The Hall–Kier alpha value is -1.64. The van der Waals surface area contributed by atoms with Gasteiger partial charge < -0.3 is 5.11 Å². The zero-order valence-corrected chi connectivity index (χ0v) is 11.5. The second kappa shape index (κ2) is 4.72. The Kier molecular flexibility index (Phi) is 2.86. The first-order chi connectivity index (χ1) is 9.83. The van der Waals surface area contributed by atoms with Gasteiger partial charge in [0.05, 0.1) is 6.10 Å². The Bertz CT molecular complexity index is 612. The van der Waals surface area contributed by atoms with E-state index in [9.17, 15) is 5.11 Å². The van der Waals surface area contributed by atoms with Crippen molar-refractivity contribution in [3.8, 4) is 0 Å². The van der Waals surface area contributed by atoms with Crippen LogP contribution in [0.1, 0.15) is 34.8 Å². The van der Waals surface area contributed by atoms with Crippen LogP contribution in [0.4, 0.5) is 0 Å². The molecule has 1 aliphatic carbocycles. The summed E-state index contributed by atoms with van der Waals surface area (Å²) < 4.78 is 0. The molecule has 0 bridgehead atoms. The third kappa shape index (κ3) is 1.88. The van der Waals surface area contributed by atoms with Gasteiger partial charge in [-0.05, 0) is 35.1 Å². The smallest absolute Gasteiger partial charge is 0.0948 e. The number of hydrogen-bond acceptors (Lipinski definition) is 2. The summed E-state index contributed by atoms with van der Waals surface area (Å²) in [5.74, 6) is 0. The van der Waals surface area contributed by atoms with Crippen molar-refractivity contribution in [2.24, 2.45) is 0 Å². The highest BCUT2D eigenvalue weighted by Gasteiger charge is 2.34. The molecule has 1 N–H and O–H groups in total. The van der Waals surface area contributed by atoms with Crippen LogP contribution in [-0.2, 0) is 19.5 Å². The number of hydrogen-bond donors (Lipinski definition) is 1. The van der Waals surface area contributed by atoms with E-state index in [0.717, 1.165) is 31.5 Å². The maximum absolute atomic E-state index is 10.7. The third-order valence-corrected chi connectivity index (χ3v) is 4.78. The lowest BCUT2D eigenvalue weighted by atomic mass is 9.85. The van der Waals surface area contributed by atoms with Crippen LogP contribution < -0.4 is 0 Å². The number of nitrogens with zero attached hydrogens (tertiary/aromatic N) is 1. The fraction of sp³-hybridized carbons (Fsp3) is 0.333. The summed E-state index contributed by atoms with van der Waals surface area (Å²) in [4.78, 5) is 2.44. The van der Waals surface area contributed by atoms with Gasteiger partial charge >= 0.3 is 0 Å². The molecule has 1 heterocycles. The third-order valence-electron chi connectivity index (χ3n) is 4.78. The number of fused-ring (bicyclic) bond motifs is 2. The van der Waals surface area contributed by atoms with Crippen LogP contribution in [0.25, 0.3) is 0 Å². The van der Waals surface area contributed by atoms with Gasteiger partial charge in [0, 0.05) is 19.1 Å². The molecule has 2 heteroatoms. The lowest BCUT2D eigenvalue weighted by Gasteiger charge is -2.36. The van der Waals surface area contributed by atoms with Gasteiger partial charge in [-0.25, -0.2) is 0 Å². The van der Waals surface area contributed by atoms with Gasteiger partial charge in [-0.2, -0.15) is 0 Å². The molecule has 4 rings (SSSR count). The minimum absolute atomic E-state index is 0.247. The molecule has 0 saturated carbocycles. The number of aryl methyl sites for hydroxylation is 1. The van der Waals surface area contributed by atoms with E-state index in [1.807, 2.05) is 6.07 Å². The number of aliphatic hydroxyl groups is 1. The average molecular weight is 265 g/mol. The SMILES string of the molecule is OC1c2ccccc2CCC1N1Cc2ccccc2C1. The topological polar surface area (TPSA) is 23.5 Å². The summed E-state index contributed by atoms with van der Waals surface area (Å²) in [7, 11) is 0. The maximum atomic E-state index is 10.7. The summed E-state index contributed by atoms with van der Waals surface area (Å²) in [6.07, 6.45) is 1.77. The van der Waals surface area contributed by atoms with E-state index >= 15 is 0 Å². The monoisotopic (exact) mass is 265 g/mol. The molecule has 0 saturated heterocycles. The number of rotatable bonds is 1. The van der Waals surface area contributed by atoms with Crippen molar-refractivity contribution in [3.63, 3.8) is 0 Å². The molecule has 2 aromatic carbocycles. The molecule has 102 valence electrons.